The zero-order chi connectivity index (χ0) is 18.8. The number of anilines is 2. The van der Waals surface area contributed by atoms with Crippen molar-refractivity contribution in [1.29, 1.82) is 0 Å². The van der Waals surface area contributed by atoms with Gasteiger partial charge in [-0.15, -0.1) is 0 Å². The van der Waals surface area contributed by atoms with Crippen molar-refractivity contribution in [2.24, 2.45) is 0 Å². The molecule has 0 aliphatic carbocycles. The summed E-state index contributed by atoms with van der Waals surface area (Å²) in [5, 5.41) is 3.33. The summed E-state index contributed by atoms with van der Waals surface area (Å²) < 4.78 is 6.15. The first kappa shape index (κ1) is 17.3. The standard InChI is InChI=1S/C19H18N4O3S/c1-26-14-8-6-13(7-9-14)23-11-10-22(19(23)25)12-17(24)21-18-20-15-4-2-3-5-16(15)27-18/h2-9H,10-12H2,1H3,(H,20,21,24). The molecule has 1 aliphatic rings. The maximum Gasteiger partial charge on any atom is 0.325 e. The molecule has 0 saturated carbocycles. The summed E-state index contributed by atoms with van der Waals surface area (Å²) >= 11 is 1.42. The van der Waals surface area contributed by atoms with E-state index in [0.717, 1.165) is 21.7 Å². The number of aromatic nitrogens is 1. The number of nitrogens with one attached hydrogen (secondary N) is 1. The molecule has 0 bridgehead atoms. The largest absolute Gasteiger partial charge is 0.497 e. The Hall–Kier alpha value is -3.13. The molecule has 3 amide bonds. The number of hydrogen-bond acceptors (Lipinski definition) is 5. The Labute approximate surface area is 160 Å². The van der Waals surface area contributed by atoms with Gasteiger partial charge < -0.3 is 15.0 Å². The lowest BCUT2D eigenvalue weighted by Crippen LogP contribution is -2.37. The van der Waals surface area contributed by atoms with Crippen molar-refractivity contribution in [2.75, 3.05) is 37.0 Å². The Morgan fingerprint density at radius 1 is 1.19 bits per heavy atom. The van der Waals surface area contributed by atoms with E-state index in [-0.39, 0.29) is 18.5 Å². The van der Waals surface area contributed by atoms with E-state index in [0.29, 0.717) is 18.2 Å². The van der Waals surface area contributed by atoms with E-state index in [1.165, 1.54) is 16.2 Å². The molecule has 2 aromatic carbocycles. The van der Waals surface area contributed by atoms with Gasteiger partial charge in [0.25, 0.3) is 0 Å². The summed E-state index contributed by atoms with van der Waals surface area (Å²) in [5.74, 6) is 0.483. The zero-order valence-electron chi connectivity index (χ0n) is 14.7. The lowest BCUT2D eigenvalue weighted by molar-refractivity contribution is -0.116. The van der Waals surface area contributed by atoms with E-state index >= 15 is 0 Å². The van der Waals surface area contributed by atoms with Gasteiger partial charge in [0, 0.05) is 18.8 Å². The number of amides is 3. The van der Waals surface area contributed by atoms with E-state index in [1.54, 1.807) is 12.0 Å². The summed E-state index contributed by atoms with van der Waals surface area (Å²) in [4.78, 5) is 32.5. The Kier molecular flexibility index (Phi) is 4.64. The molecular formula is C19H18N4O3S. The van der Waals surface area contributed by atoms with Gasteiger partial charge in [0.05, 0.1) is 17.3 Å². The molecule has 4 rings (SSSR count). The Morgan fingerprint density at radius 2 is 1.96 bits per heavy atom. The van der Waals surface area contributed by atoms with E-state index in [2.05, 4.69) is 10.3 Å². The van der Waals surface area contributed by atoms with E-state index < -0.39 is 0 Å². The number of para-hydroxylation sites is 1. The summed E-state index contributed by atoms with van der Waals surface area (Å²) in [5.41, 5.74) is 1.63. The van der Waals surface area contributed by atoms with Crippen molar-refractivity contribution >= 4 is 44.3 Å². The van der Waals surface area contributed by atoms with Crippen LogP contribution in [0.15, 0.2) is 48.5 Å². The first-order chi connectivity index (χ1) is 13.1. The molecule has 1 fully saturated rings. The molecule has 1 aliphatic heterocycles. The summed E-state index contributed by atoms with van der Waals surface area (Å²) in [6.45, 7) is 1.04. The molecule has 138 valence electrons. The van der Waals surface area contributed by atoms with Gasteiger partial charge in [0.2, 0.25) is 5.91 Å². The first-order valence-electron chi connectivity index (χ1n) is 8.50. The van der Waals surface area contributed by atoms with Crippen LogP contribution in [-0.4, -0.2) is 48.6 Å². The van der Waals surface area contributed by atoms with Gasteiger partial charge in [-0.1, -0.05) is 23.5 Å². The summed E-state index contributed by atoms with van der Waals surface area (Å²) in [6.07, 6.45) is 0. The van der Waals surface area contributed by atoms with Crippen LogP contribution in [0.25, 0.3) is 10.2 Å². The van der Waals surface area contributed by atoms with Gasteiger partial charge in [0.15, 0.2) is 5.13 Å². The average molecular weight is 382 g/mol. The molecule has 27 heavy (non-hydrogen) atoms. The zero-order valence-corrected chi connectivity index (χ0v) is 15.5. The number of nitrogens with zero attached hydrogens (tertiary/aromatic N) is 3. The second-order valence-corrected chi connectivity index (χ2v) is 7.12. The van der Waals surface area contributed by atoms with Gasteiger partial charge in [-0.3, -0.25) is 9.69 Å². The predicted molar refractivity (Wildman–Crippen MR) is 106 cm³/mol. The minimum atomic E-state index is -0.251. The highest BCUT2D eigenvalue weighted by molar-refractivity contribution is 7.22. The first-order valence-corrected chi connectivity index (χ1v) is 9.31. The third kappa shape index (κ3) is 3.56. The molecule has 1 aromatic heterocycles. The van der Waals surface area contributed by atoms with Crippen LogP contribution in [-0.2, 0) is 4.79 Å². The van der Waals surface area contributed by atoms with Crippen molar-refractivity contribution in [2.45, 2.75) is 0 Å². The number of carbonyl (C=O) groups excluding carboxylic acids is 2. The lowest BCUT2D eigenvalue weighted by atomic mass is 10.3. The van der Waals surface area contributed by atoms with Gasteiger partial charge in [-0.25, -0.2) is 9.78 Å². The molecule has 0 radical (unpaired) electrons. The van der Waals surface area contributed by atoms with Gasteiger partial charge in [-0.2, -0.15) is 0 Å². The highest BCUT2D eigenvalue weighted by Gasteiger charge is 2.31. The second kappa shape index (κ2) is 7.24. The van der Waals surface area contributed by atoms with Crippen molar-refractivity contribution in [3.05, 3.63) is 48.5 Å². The molecular weight excluding hydrogens is 364 g/mol. The fourth-order valence-corrected chi connectivity index (χ4v) is 3.87. The molecule has 8 heteroatoms. The fraction of sp³-hybridized carbons (Fsp3) is 0.211. The van der Waals surface area contributed by atoms with Crippen LogP contribution in [0.3, 0.4) is 0 Å². The summed E-state index contributed by atoms with van der Waals surface area (Å²) in [6, 6.07) is 14.8. The molecule has 1 N–H and O–H groups in total. The molecule has 2 heterocycles. The van der Waals surface area contributed by atoms with Crippen LogP contribution in [0.2, 0.25) is 0 Å². The number of fused-ring (bicyclic) bond motifs is 1. The number of thiazole rings is 1. The van der Waals surface area contributed by atoms with Crippen LogP contribution in [0.1, 0.15) is 0 Å². The van der Waals surface area contributed by atoms with Crippen LogP contribution >= 0.6 is 11.3 Å². The van der Waals surface area contributed by atoms with Crippen LogP contribution in [0.5, 0.6) is 5.75 Å². The molecule has 3 aromatic rings. The fourth-order valence-electron chi connectivity index (χ4n) is 2.99. The normalized spacial score (nSPS) is 14.0. The minimum Gasteiger partial charge on any atom is -0.497 e. The smallest absolute Gasteiger partial charge is 0.325 e. The Balaban J connectivity index is 1.39. The topological polar surface area (TPSA) is 74.8 Å². The van der Waals surface area contributed by atoms with Crippen molar-refractivity contribution < 1.29 is 14.3 Å². The van der Waals surface area contributed by atoms with Crippen molar-refractivity contribution in [3.63, 3.8) is 0 Å². The van der Waals surface area contributed by atoms with Crippen LogP contribution in [0, 0.1) is 0 Å². The molecule has 0 spiro atoms. The lowest BCUT2D eigenvalue weighted by Gasteiger charge is -2.18. The maximum atomic E-state index is 12.6. The molecule has 7 nitrogen and oxygen atoms in total. The average Bonchev–Trinajstić information content (AvgIpc) is 3.25. The minimum absolute atomic E-state index is 0.00140. The number of urea groups is 1. The number of benzene rings is 2. The van der Waals surface area contributed by atoms with E-state index in [4.69, 9.17) is 4.74 Å². The van der Waals surface area contributed by atoms with Crippen molar-refractivity contribution in [1.82, 2.24) is 9.88 Å². The predicted octanol–water partition coefficient (Wildman–Crippen LogP) is 3.19. The van der Waals surface area contributed by atoms with Crippen LogP contribution < -0.4 is 15.0 Å². The third-order valence-corrected chi connectivity index (χ3v) is 5.31. The monoisotopic (exact) mass is 382 g/mol. The maximum absolute atomic E-state index is 12.6. The van der Waals surface area contributed by atoms with E-state index in [1.807, 2.05) is 48.5 Å². The molecule has 0 atom stereocenters. The van der Waals surface area contributed by atoms with E-state index in [9.17, 15) is 9.59 Å². The quantitative estimate of drug-likeness (QED) is 0.735. The number of methoxy groups -OCH3 is 1. The molecule has 0 unspecified atom stereocenters. The number of hydrogen-bond donors (Lipinski definition) is 1. The van der Waals surface area contributed by atoms with Gasteiger partial charge in [0.1, 0.15) is 12.3 Å². The number of ether oxygens (including phenoxy) is 1. The highest BCUT2D eigenvalue weighted by Crippen LogP contribution is 2.26. The summed E-state index contributed by atoms with van der Waals surface area (Å²) in [7, 11) is 1.60. The number of rotatable bonds is 5. The highest BCUT2D eigenvalue weighted by atomic mass is 32.1. The number of carbonyl (C=O) groups is 2. The van der Waals surface area contributed by atoms with Crippen molar-refractivity contribution in [3.8, 4) is 5.75 Å². The van der Waals surface area contributed by atoms with Gasteiger partial charge >= 0.3 is 6.03 Å². The Morgan fingerprint density at radius 3 is 2.70 bits per heavy atom. The SMILES string of the molecule is COc1ccc(N2CCN(CC(=O)Nc3nc4ccccc4s3)C2=O)cc1. The van der Waals surface area contributed by atoms with Crippen LogP contribution in [0.4, 0.5) is 15.6 Å². The van der Waals surface area contributed by atoms with Gasteiger partial charge in [-0.05, 0) is 36.4 Å². The second-order valence-electron chi connectivity index (χ2n) is 6.09. The Bertz CT molecular complexity index is 953. The molecule has 1 saturated heterocycles. The third-order valence-electron chi connectivity index (χ3n) is 4.35.